The van der Waals surface area contributed by atoms with Gasteiger partial charge in [0.05, 0.1) is 0 Å². The maximum atomic E-state index is 3.74. The second kappa shape index (κ2) is 8.67. The smallest absolute Gasteiger partial charge is 0.0375 e. The summed E-state index contributed by atoms with van der Waals surface area (Å²) in [7, 11) is 0. The Kier molecular flexibility index (Phi) is 6.88. The van der Waals surface area contributed by atoms with Gasteiger partial charge in [-0.3, -0.25) is 0 Å². The van der Waals surface area contributed by atoms with Crippen LogP contribution in [0.25, 0.3) is 0 Å². The lowest BCUT2D eigenvalue weighted by molar-refractivity contribution is 0.650. The third-order valence-electron chi connectivity index (χ3n) is 4.37. The number of nitrogens with one attached hydrogen (secondary N) is 1. The molecule has 2 rings (SSSR count). The summed E-state index contributed by atoms with van der Waals surface area (Å²) in [4.78, 5) is 0. The van der Waals surface area contributed by atoms with Crippen LogP contribution in [0, 0.1) is 6.92 Å². The van der Waals surface area contributed by atoms with E-state index in [0.29, 0.717) is 11.3 Å². The molecule has 0 saturated heterocycles. The van der Waals surface area contributed by atoms with E-state index in [0.717, 1.165) is 5.75 Å². The first-order valence-electron chi connectivity index (χ1n) is 8.70. The van der Waals surface area contributed by atoms with Gasteiger partial charge in [-0.15, -0.1) is 0 Å². The van der Waals surface area contributed by atoms with Crippen LogP contribution in [-0.4, -0.2) is 11.3 Å². The number of hydrogen-bond donors (Lipinski definition) is 1. The van der Waals surface area contributed by atoms with Crippen molar-refractivity contribution >= 4 is 17.4 Å². The Morgan fingerprint density at radius 3 is 2.68 bits per heavy atom. The molecule has 122 valence electrons. The first-order chi connectivity index (χ1) is 10.6. The Morgan fingerprint density at radius 1 is 1.18 bits per heavy atom. The van der Waals surface area contributed by atoms with E-state index < -0.39 is 0 Å². The molecule has 1 aromatic rings. The van der Waals surface area contributed by atoms with Crippen LogP contribution < -0.4 is 5.32 Å². The molecule has 1 aliphatic rings. The quantitative estimate of drug-likeness (QED) is 0.590. The van der Waals surface area contributed by atoms with Gasteiger partial charge in [0.15, 0.2) is 0 Å². The first-order valence-corrected chi connectivity index (χ1v) is 9.75. The van der Waals surface area contributed by atoms with Crippen molar-refractivity contribution in [2.24, 2.45) is 0 Å². The normalized spacial score (nSPS) is 16.5. The Labute approximate surface area is 141 Å². The van der Waals surface area contributed by atoms with Crippen LogP contribution in [0.3, 0.4) is 0 Å². The summed E-state index contributed by atoms with van der Waals surface area (Å²) < 4.78 is 0. The minimum atomic E-state index is 0.510. The summed E-state index contributed by atoms with van der Waals surface area (Å²) in [5.41, 5.74) is 5.84. The average Bonchev–Trinajstić information content (AvgIpc) is 2.49. The summed E-state index contributed by atoms with van der Waals surface area (Å²) in [5.74, 6) is 1.11. The molecule has 1 aromatic carbocycles. The van der Waals surface area contributed by atoms with E-state index in [1.165, 1.54) is 48.9 Å². The third kappa shape index (κ3) is 5.39. The zero-order valence-electron chi connectivity index (χ0n) is 14.6. The predicted molar refractivity (Wildman–Crippen MR) is 102 cm³/mol. The molecule has 0 saturated carbocycles. The van der Waals surface area contributed by atoms with E-state index in [9.17, 15) is 0 Å². The predicted octanol–water partition coefficient (Wildman–Crippen LogP) is 6.33. The SMILES string of the molecule is Cc1c(CSC(C)C)cccc1NC(C)CC1=CCCCC1. The molecule has 0 bridgehead atoms. The van der Waals surface area contributed by atoms with Crippen LogP contribution in [0.5, 0.6) is 0 Å². The van der Waals surface area contributed by atoms with Crippen molar-refractivity contribution in [1.82, 2.24) is 0 Å². The zero-order chi connectivity index (χ0) is 15.9. The molecule has 1 nitrogen and oxygen atoms in total. The number of benzene rings is 1. The van der Waals surface area contributed by atoms with Crippen molar-refractivity contribution in [3.05, 3.63) is 41.0 Å². The Bertz CT molecular complexity index is 504. The molecule has 0 radical (unpaired) electrons. The highest BCUT2D eigenvalue weighted by Crippen LogP contribution is 2.27. The van der Waals surface area contributed by atoms with Crippen molar-refractivity contribution in [1.29, 1.82) is 0 Å². The van der Waals surface area contributed by atoms with Gasteiger partial charge in [-0.05, 0) is 68.4 Å². The van der Waals surface area contributed by atoms with Gasteiger partial charge in [-0.1, -0.05) is 37.6 Å². The molecule has 0 aliphatic heterocycles. The molecule has 22 heavy (non-hydrogen) atoms. The first kappa shape index (κ1) is 17.5. The highest BCUT2D eigenvalue weighted by atomic mass is 32.2. The Hall–Kier alpha value is -0.890. The fourth-order valence-electron chi connectivity index (χ4n) is 3.05. The van der Waals surface area contributed by atoms with Crippen molar-refractivity contribution < 1.29 is 0 Å². The molecule has 2 heteroatoms. The minimum Gasteiger partial charge on any atom is -0.382 e. The highest BCUT2D eigenvalue weighted by molar-refractivity contribution is 7.99. The van der Waals surface area contributed by atoms with Gasteiger partial charge < -0.3 is 5.32 Å². The van der Waals surface area contributed by atoms with Gasteiger partial charge >= 0.3 is 0 Å². The van der Waals surface area contributed by atoms with Crippen molar-refractivity contribution in [2.75, 3.05) is 5.32 Å². The molecule has 0 fully saturated rings. The molecule has 0 spiro atoms. The second-order valence-corrected chi connectivity index (χ2v) is 8.37. The fraction of sp³-hybridized carbons (Fsp3) is 0.600. The zero-order valence-corrected chi connectivity index (χ0v) is 15.4. The second-order valence-electron chi connectivity index (χ2n) is 6.81. The van der Waals surface area contributed by atoms with Gasteiger partial charge in [0.1, 0.15) is 0 Å². The van der Waals surface area contributed by atoms with E-state index in [2.05, 4.69) is 57.3 Å². The van der Waals surface area contributed by atoms with E-state index in [1.807, 2.05) is 11.8 Å². The number of rotatable bonds is 7. The van der Waals surface area contributed by atoms with Crippen LogP contribution in [0.1, 0.15) is 64.0 Å². The molecular weight excluding hydrogens is 286 g/mol. The van der Waals surface area contributed by atoms with Crippen LogP contribution >= 0.6 is 11.8 Å². The molecule has 0 amide bonds. The summed E-state index contributed by atoms with van der Waals surface area (Å²) in [6.45, 7) is 9.10. The molecule has 0 aromatic heterocycles. The van der Waals surface area contributed by atoms with E-state index in [4.69, 9.17) is 0 Å². The number of allylic oxidation sites excluding steroid dienone is 1. The lowest BCUT2D eigenvalue weighted by atomic mass is 9.94. The number of hydrogen-bond acceptors (Lipinski definition) is 2. The van der Waals surface area contributed by atoms with Gasteiger partial charge in [0, 0.05) is 17.5 Å². The fourth-order valence-corrected chi connectivity index (χ4v) is 3.88. The molecule has 1 N–H and O–H groups in total. The van der Waals surface area contributed by atoms with E-state index in [-0.39, 0.29) is 0 Å². The maximum Gasteiger partial charge on any atom is 0.0375 e. The van der Waals surface area contributed by atoms with Gasteiger partial charge in [-0.2, -0.15) is 11.8 Å². The average molecular weight is 318 g/mol. The Balaban J connectivity index is 1.96. The summed E-state index contributed by atoms with van der Waals surface area (Å²) in [6, 6.07) is 7.20. The minimum absolute atomic E-state index is 0.510. The molecular formula is C20H31NS. The van der Waals surface area contributed by atoms with Gasteiger partial charge in [-0.25, -0.2) is 0 Å². The molecule has 1 atom stereocenters. The summed E-state index contributed by atoms with van der Waals surface area (Å²) in [6.07, 6.45) is 8.98. The Morgan fingerprint density at radius 2 is 2.00 bits per heavy atom. The van der Waals surface area contributed by atoms with Crippen molar-refractivity contribution in [3.8, 4) is 0 Å². The molecule has 0 heterocycles. The van der Waals surface area contributed by atoms with E-state index in [1.54, 1.807) is 5.57 Å². The molecule has 1 aliphatic carbocycles. The summed E-state index contributed by atoms with van der Waals surface area (Å²) in [5, 5.41) is 4.42. The number of anilines is 1. The number of thioether (sulfide) groups is 1. The largest absolute Gasteiger partial charge is 0.382 e. The summed E-state index contributed by atoms with van der Waals surface area (Å²) >= 11 is 2.02. The van der Waals surface area contributed by atoms with Crippen LogP contribution in [-0.2, 0) is 5.75 Å². The van der Waals surface area contributed by atoms with E-state index >= 15 is 0 Å². The maximum absolute atomic E-state index is 3.74. The van der Waals surface area contributed by atoms with Gasteiger partial charge in [0.25, 0.3) is 0 Å². The highest BCUT2D eigenvalue weighted by Gasteiger charge is 2.11. The van der Waals surface area contributed by atoms with Gasteiger partial charge in [0.2, 0.25) is 0 Å². The van der Waals surface area contributed by atoms with Crippen LogP contribution in [0.15, 0.2) is 29.8 Å². The van der Waals surface area contributed by atoms with Crippen molar-refractivity contribution in [3.63, 3.8) is 0 Å². The van der Waals surface area contributed by atoms with Crippen LogP contribution in [0.4, 0.5) is 5.69 Å². The third-order valence-corrected chi connectivity index (χ3v) is 5.52. The monoisotopic (exact) mass is 317 g/mol. The molecule has 1 unspecified atom stereocenters. The lowest BCUT2D eigenvalue weighted by Crippen LogP contribution is -2.17. The standard InChI is InChI=1S/C20H31NS/c1-15(2)22-14-19-11-8-12-20(17(19)4)21-16(3)13-18-9-6-5-7-10-18/h8-9,11-12,15-16,21H,5-7,10,13-14H2,1-4H3. The van der Waals surface area contributed by atoms with Crippen LogP contribution in [0.2, 0.25) is 0 Å². The lowest BCUT2D eigenvalue weighted by Gasteiger charge is -2.21. The topological polar surface area (TPSA) is 12.0 Å². The van der Waals surface area contributed by atoms with Crippen molar-refractivity contribution in [2.45, 2.75) is 76.8 Å².